The second-order valence-electron chi connectivity index (χ2n) is 10.1. The third-order valence-electron chi connectivity index (χ3n) is 7.21. The molecule has 1 aliphatic rings. The van der Waals surface area contributed by atoms with Gasteiger partial charge in [0.15, 0.2) is 0 Å². The van der Waals surface area contributed by atoms with Gasteiger partial charge in [0, 0.05) is 23.2 Å². The Balaban J connectivity index is 1.70. The molecule has 4 rings (SSSR count). The molecule has 2 amide bonds. The summed E-state index contributed by atoms with van der Waals surface area (Å²) in [5.74, 6) is -1.63. The summed E-state index contributed by atoms with van der Waals surface area (Å²) >= 11 is 12.5. The summed E-state index contributed by atoms with van der Waals surface area (Å²) in [6, 6.07) is 16.8. The number of halogens is 3. The molecule has 3 aromatic rings. The fraction of sp³-hybridized carbons (Fsp3) is 0.333. The number of hydrogen-bond donors (Lipinski definition) is 1. The number of nitrogens with one attached hydrogen (secondary N) is 1. The Morgan fingerprint density at radius 2 is 1.63 bits per heavy atom. The van der Waals surface area contributed by atoms with Gasteiger partial charge in [-0.1, -0.05) is 78.9 Å². The zero-order valence-electron chi connectivity index (χ0n) is 22.6. The summed E-state index contributed by atoms with van der Waals surface area (Å²) in [7, 11) is -4.28. The average Bonchev–Trinajstić information content (AvgIpc) is 2.96. The zero-order chi connectivity index (χ0) is 29.6. The maximum absolute atomic E-state index is 14.7. The Morgan fingerprint density at radius 3 is 2.29 bits per heavy atom. The van der Waals surface area contributed by atoms with Crippen molar-refractivity contribution in [3.05, 3.63) is 94.2 Å². The van der Waals surface area contributed by atoms with Gasteiger partial charge in [-0.2, -0.15) is 0 Å². The summed E-state index contributed by atoms with van der Waals surface area (Å²) in [5, 5.41) is 3.33. The SMILES string of the molecule is C[C@@H](C(=O)NC1CCCCC1)N(Cc1ccccc1F)C(=O)CN(c1ccc(Cl)cc1Cl)S(=O)(=O)c1ccccc1. The molecule has 0 unspecified atom stereocenters. The third-order valence-corrected chi connectivity index (χ3v) is 9.52. The lowest BCUT2D eigenvalue weighted by Gasteiger charge is -2.33. The minimum Gasteiger partial charge on any atom is -0.352 e. The van der Waals surface area contributed by atoms with Crippen LogP contribution < -0.4 is 9.62 Å². The molecular weight excluding hydrogens is 588 g/mol. The van der Waals surface area contributed by atoms with Gasteiger partial charge in [-0.3, -0.25) is 13.9 Å². The summed E-state index contributed by atoms with van der Waals surface area (Å²) in [6.45, 7) is 0.634. The highest BCUT2D eigenvalue weighted by atomic mass is 35.5. The van der Waals surface area contributed by atoms with Crippen LogP contribution in [0.5, 0.6) is 0 Å². The standard InChI is InChI=1S/C30H32Cl2FN3O4S/c1-21(30(38)34-24-11-4-2-5-12-24)35(19-22-10-8-9-15-27(22)33)29(37)20-36(28-17-16-23(31)18-26(28)32)41(39,40)25-13-6-3-7-14-25/h3,6-10,13-18,21,24H,2,4-5,11-12,19-20H2,1H3,(H,34,38)/t21-/m0/s1. The summed E-state index contributed by atoms with van der Waals surface area (Å²) in [4.78, 5) is 28.5. The van der Waals surface area contributed by atoms with E-state index in [0.717, 1.165) is 36.4 Å². The topological polar surface area (TPSA) is 86.8 Å². The molecular formula is C30H32Cl2FN3O4S. The maximum atomic E-state index is 14.7. The quantitative estimate of drug-likeness (QED) is 0.293. The molecule has 0 spiro atoms. The first-order chi connectivity index (χ1) is 19.6. The molecule has 0 saturated heterocycles. The van der Waals surface area contributed by atoms with Crippen LogP contribution in [0.4, 0.5) is 10.1 Å². The number of amides is 2. The number of anilines is 1. The Kier molecular flexibility index (Phi) is 10.3. The number of nitrogens with zero attached hydrogens (tertiary/aromatic N) is 2. The monoisotopic (exact) mass is 619 g/mol. The molecule has 1 fully saturated rings. The van der Waals surface area contributed by atoms with E-state index in [1.807, 2.05) is 0 Å². The summed E-state index contributed by atoms with van der Waals surface area (Å²) in [5.41, 5.74) is 0.235. The average molecular weight is 621 g/mol. The molecule has 0 aliphatic heterocycles. The molecule has 41 heavy (non-hydrogen) atoms. The molecule has 3 aromatic carbocycles. The predicted octanol–water partition coefficient (Wildman–Crippen LogP) is 6.19. The van der Waals surface area contributed by atoms with Gasteiger partial charge >= 0.3 is 0 Å². The zero-order valence-corrected chi connectivity index (χ0v) is 24.9. The fourth-order valence-electron chi connectivity index (χ4n) is 4.88. The van der Waals surface area contributed by atoms with Gasteiger partial charge in [-0.25, -0.2) is 12.8 Å². The first kappa shape index (κ1) is 30.8. The minimum absolute atomic E-state index is 0.00746. The van der Waals surface area contributed by atoms with Crippen molar-refractivity contribution in [2.45, 2.75) is 62.6 Å². The molecule has 0 bridgehead atoms. The van der Waals surface area contributed by atoms with Crippen LogP contribution in [0, 0.1) is 5.82 Å². The van der Waals surface area contributed by atoms with Crippen molar-refractivity contribution in [3.8, 4) is 0 Å². The van der Waals surface area contributed by atoms with Gasteiger partial charge in [-0.05, 0) is 56.2 Å². The van der Waals surface area contributed by atoms with Gasteiger partial charge < -0.3 is 10.2 Å². The Labute approximate surface area is 250 Å². The second-order valence-corrected chi connectivity index (χ2v) is 12.8. The van der Waals surface area contributed by atoms with E-state index in [9.17, 15) is 22.4 Å². The number of rotatable bonds is 10. The fourth-order valence-corrected chi connectivity index (χ4v) is 6.89. The molecule has 218 valence electrons. The molecule has 1 N–H and O–H groups in total. The van der Waals surface area contributed by atoms with E-state index in [0.29, 0.717) is 0 Å². The molecule has 0 aromatic heterocycles. The van der Waals surface area contributed by atoms with E-state index in [2.05, 4.69) is 5.32 Å². The van der Waals surface area contributed by atoms with Crippen LogP contribution in [-0.2, 0) is 26.2 Å². The normalized spacial score (nSPS) is 14.7. The first-order valence-electron chi connectivity index (χ1n) is 13.4. The maximum Gasteiger partial charge on any atom is 0.264 e. The number of carbonyl (C=O) groups is 2. The lowest BCUT2D eigenvalue weighted by Crippen LogP contribution is -2.53. The van der Waals surface area contributed by atoms with Gasteiger partial charge in [0.1, 0.15) is 18.4 Å². The number of hydrogen-bond acceptors (Lipinski definition) is 4. The van der Waals surface area contributed by atoms with Crippen molar-refractivity contribution in [2.24, 2.45) is 0 Å². The third kappa shape index (κ3) is 7.58. The van der Waals surface area contributed by atoms with Gasteiger partial charge in [0.2, 0.25) is 11.8 Å². The van der Waals surface area contributed by atoms with Crippen molar-refractivity contribution in [3.63, 3.8) is 0 Å². The molecule has 0 heterocycles. The highest BCUT2D eigenvalue weighted by Crippen LogP contribution is 2.33. The molecule has 11 heteroatoms. The largest absolute Gasteiger partial charge is 0.352 e. The first-order valence-corrected chi connectivity index (χ1v) is 15.6. The minimum atomic E-state index is -4.28. The van der Waals surface area contributed by atoms with E-state index in [4.69, 9.17) is 23.2 Å². The second kappa shape index (κ2) is 13.7. The summed E-state index contributed by atoms with van der Waals surface area (Å²) in [6.07, 6.45) is 4.81. The van der Waals surface area contributed by atoms with Crippen LogP contribution in [0.1, 0.15) is 44.6 Å². The van der Waals surface area contributed by atoms with Crippen LogP contribution in [-0.4, -0.2) is 43.8 Å². The van der Waals surface area contributed by atoms with Gasteiger partial charge in [-0.15, -0.1) is 0 Å². The van der Waals surface area contributed by atoms with Crippen LogP contribution in [0.15, 0.2) is 77.7 Å². The van der Waals surface area contributed by atoms with Crippen LogP contribution in [0.25, 0.3) is 0 Å². The lowest BCUT2D eigenvalue weighted by atomic mass is 9.95. The van der Waals surface area contributed by atoms with Crippen molar-refractivity contribution in [1.82, 2.24) is 10.2 Å². The van der Waals surface area contributed by atoms with E-state index < -0.39 is 34.3 Å². The summed E-state index contributed by atoms with van der Waals surface area (Å²) < 4.78 is 43.3. The van der Waals surface area contributed by atoms with E-state index in [1.54, 1.807) is 31.2 Å². The molecule has 1 saturated carbocycles. The highest BCUT2D eigenvalue weighted by Gasteiger charge is 2.34. The van der Waals surface area contributed by atoms with Crippen molar-refractivity contribution >= 4 is 50.7 Å². The molecule has 1 aliphatic carbocycles. The van der Waals surface area contributed by atoms with E-state index >= 15 is 0 Å². The van der Waals surface area contributed by atoms with E-state index in [1.165, 1.54) is 53.4 Å². The smallest absolute Gasteiger partial charge is 0.264 e. The highest BCUT2D eigenvalue weighted by molar-refractivity contribution is 7.92. The van der Waals surface area contributed by atoms with Gasteiger partial charge in [0.05, 0.1) is 15.6 Å². The van der Waals surface area contributed by atoms with Gasteiger partial charge in [0.25, 0.3) is 10.0 Å². The number of benzene rings is 3. The van der Waals surface area contributed by atoms with Crippen LogP contribution in [0.3, 0.4) is 0 Å². The molecule has 7 nitrogen and oxygen atoms in total. The molecule has 0 radical (unpaired) electrons. The molecule has 1 atom stereocenters. The Hall–Kier alpha value is -3.14. The van der Waals surface area contributed by atoms with Crippen molar-refractivity contribution < 1.29 is 22.4 Å². The predicted molar refractivity (Wildman–Crippen MR) is 159 cm³/mol. The van der Waals surface area contributed by atoms with E-state index in [-0.39, 0.29) is 44.7 Å². The Bertz CT molecular complexity index is 1480. The Morgan fingerprint density at radius 1 is 0.976 bits per heavy atom. The number of carbonyl (C=O) groups excluding carboxylic acids is 2. The van der Waals surface area contributed by atoms with Crippen molar-refractivity contribution in [1.29, 1.82) is 0 Å². The number of sulfonamides is 1. The lowest BCUT2D eigenvalue weighted by molar-refractivity contribution is -0.139. The van der Waals surface area contributed by atoms with Crippen LogP contribution in [0.2, 0.25) is 10.0 Å². The van der Waals surface area contributed by atoms with Crippen molar-refractivity contribution in [2.75, 3.05) is 10.8 Å². The van der Waals surface area contributed by atoms with Crippen LogP contribution >= 0.6 is 23.2 Å².